The van der Waals surface area contributed by atoms with E-state index in [0.717, 1.165) is 40.6 Å². The van der Waals surface area contributed by atoms with Crippen molar-refractivity contribution in [3.63, 3.8) is 0 Å². The molecule has 0 fully saturated rings. The first-order valence-electron chi connectivity index (χ1n) is 8.12. The first-order valence-corrected chi connectivity index (χ1v) is 9.73. The summed E-state index contributed by atoms with van der Waals surface area (Å²) in [5.74, 6) is -1.64. The molecule has 0 spiro atoms. The average molecular weight is 437 g/mol. The van der Waals surface area contributed by atoms with Crippen molar-refractivity contribution >= 4 is 50.1 Å². The van der Waals surface area contributed by atoms with Crippen LogP contribution in [-0.2, 0) is 22.4 Å². The molecule has 1 aliphatic rings. The molecular formula is C18H17BrN2O4S. The van der Waals surface area contributed by atoms with E-state index in [-0.39, 0.29) is 0 Å². The van der Waals surface area contributed by atoms with E-state index in [2.05, 4.69) is 21.2 Å². The predicted molar refractivity (Wildman–Crippen MR) is 103 cm³/mol. The summed E-state index contributed by atoms with van der Waals surface area (Å²) in [5, 5.41) is 3.10. The highest BCUT2D eigenvalue weighted by atomic mass is 79.9. The second kappa shape index (κ2) is 8.01. The lowest BCUT2D eigenvalue weighted by atomic mass is 9.95. The van der Waals surface area contributed by atoms with Crippen molar-refractivity contribution in [3.8, 4) is 0 Å². The normalized spacial score (nSPS) is 13.0. The van der Waals surface area contributed by atoms with Crippen LogP contribution < -0.4 is 11.1 Å². The van der Waals surface area contributed by atoms with Crippen LogP contribution in [0.15, 0.2) is 28.7 Å². The van der Waals surface area contributed by atoms with Gasteiger partial charge in [-0.05, 0) is 55.5 Å². The third kappa shape index (κ3) is 4.13. The number of esters is 1. The van der Waals surface area contributed by atoms with Gasteiger partial charge in [0.15, 0.2) is 6.61 Å². The number of fused-ring (bicyclic) bond motifs is 1. The number of carbonyl (C=O) groups is 3. The standard InChI is InChI=1S/C18H17BrN2O4S/c19-11-7-5-10(6-8-11)18(24)25-9-14(22)21-17-15(16(20)23)12-3-1-2-4-13(12)26-17/h5-8H,1-4,9H2,(H2,20,23)(H,21,22). The Labute approximate surface area is 162 Å². The number of rotatable bonds is 5. The summed E-state index contributed by atoms with van der Waals surface area (Å²) < 4.78 is 5.87. The number of hydrogen-bond acceptors (Lipinski definition) is 5. The van der Waals surface area contributed by atoms with Gasteiger partial charge in [0.05, 0.1) is 11.1 Å². The molecule has 6 nitrogen and oxygen atoms in total. The maximum atomic E-state index is 12.1. The largest absolute Gasteiger partial charge is 0.452 e. The molecule has 0 bridgehead atoms. The molecule has 1 heterocycles. The van der Waals surface area contributed by atoms with E-state index in [0.29, 0.717) is 16.1 Å². The molecule has 0 atom stereocenters. The molecule has 136 valence electrons. The van der Waals surface area contributed by atoms with Gasteiger partial charge in [0, 0.05) is 9.35 Å². The third-order valence-electron chi connectivity index (χ3n) is 4.08. The molecule has 0 unspecified atom stereocenters. The van der Waals surface area contributed by atoms with Gasteiger partial charge in [0.25, 0.3) is 11.8 Å². The lowest BCUT2D eigenvalue weighted by Crippen LogP contribution is -2.23. The quantitative estimate of drug-likeness (QED) is 0.702. The van der Waals surface area contributed by atoms with E-state index in [1.807, 2.05) is 0 Å². The van der Waals surface area contributed by atoms with Crippen molar-refractivity contribution in [2.24, 2.45) is 5.73 Å². The number of ether oxygens (including phenoxy) is 1. The molecule has 26 heavy (non-hydrogen) atoms. The Morgan fingerprint density at radius 1 is 1.15 bits per heavy atom. The number of amides is 2. The van der Waals surface area contributed by atoms with E-state index in [4.69, 9.17) is 10.5 Å². The Morgan fingerprint density at radius 2 is 1.85 bits per heavy atom. The molecule has 8 heteroatoms. The molecule has 0 aliphatic heterocycles. The number of halogens is 1. The van der Waals surface area contributed by atoms with Crippen LogP contribution in [0.3, 0.4) is 0 Å². The summed E-state index contributed by atoms with van der Waals surface area (Å²) in [6.45, 7) is -0.435. The Morgan fingerprint density at radius 3 is 2.54 bits per heavy atom. The second-order valence-electron chi connectivity index (χ2n) is 5.91. The van der Waals surface area contributed by atoms with Crippen LogP contribution in [0.5, 0.6) is 0 Å². The summed E-state index contributed by atoms with van der Waals surface area (Å²) in [5.41, 5.74) is 7.18. The summed E-state index contributed by atoms with van der Waals surface area (Å²) in [7, 11) is 0. The Kier molecular flexibility index (Phi) is 5.73. The van der Waals surface area contributed by atoms with Gasteiger partial charge >= 0.3 is 5.97 Å². The van der Waals surface area contributed by atoms with Crippen molar-refractivity contribution in [3.05, 3.63) is 50.3 Å². The number of hydrogen-bond donors (Lipinski definition) is 2. The van der Waals surface area contributed by atoms with Gasteiger partial charge in [-0.2, -0.15) is 0 Å². The topological polar surface area (TPSA) is 98.5 Å². The van der Waals surface area contributed by atoms with Crippen LogP contribution in [-0.4, -0.2) is 24.4 Å². The van der Waals surface area contributed by atoms with Crippen LogP contribution in [0, 0.1) is 0 Å². The van der Waals surface area contributed by atoms with E-state index < -0.39 is 24.4 Å². The molecule has 1 aliphatic carbocycles. The minimum absolute atomic E-state index is 0.352. The molecule has 2 amide bonds. The number of thiophene rings is 1. The minimum Gasteiger partial charge on any atom is -0.452 e. The smallest absolute Gasteiger partial charge is 0.338 e. The fourth-order valence-electron chi connectivity index (χ4n) is 2.88. The van der Waals surface area contributed by atoms with Crippen molar-refractivity contribution in [1.82, 2.24) is 0 Å². The van der Waals surface area contributed by atoms with Crippen molar-refractivity contribution < 1.29 is 19.1 Å². The zero-order valence-electron chi connectivity index (χ0n) is 13.8. The van der Waals surface area contributed by atoms with Crippen molar-refractivity contribution in [2.45, 2.75) is 25.7 Å². The lowest BCUT2D eigenvalue weighted by molar-refractivity contribution is -0.119. The third-order valence-corrected chi connectivity index (χ3v) is 5.82. The molecule has 0 saturated heterocycles. The summed E-state index contributed by atoms with van der Waals surface area (Å²) in [6, 6.07) is 6.63. The minimum atomic E-state index is -0.590. The number of nitrogens with one attached hydrogen (secondary N) is 1. The Hall–Kier alpha value is -2.19. The number of primary amides is 1. The van der Waals surface area contributed by atoms with Gasteiger partial charge in [-0.15, -0.1) is 11.3 Å². The molecule has 3 N–H and O–H groups in total. The number of benzene rings is 1. The maximum absolute atomic E-state index is 12.1. The number of nitrogens with two attached hydrogens (primary N) is 1. The molecule has 1 aromatic carbocycles. The SMILES string of the molecule is NC(=O)c1c(NC(=O)COC(=O)c2ccc(Br)cc2)sc2c1CCCC2. The molecule has 1 aromatic heterocycles. The Balaban J connectivity index is 1.65. The highest BCUT2D eigenvalue weighted by Gasteiger charge is 2.25. The van der Waals surface area contributed by atoms with Crippen molar-refractivity contribution in [1.29, 1.82) is 0 Å². The summed E-state index contributed by atoms with van der Waals surface area (Å²) in [6.07, 6.45) is 3.74. The zero-order chi connectivity index (χ0) is 18.7. The van der Waals surface area contributed by atoms with Crippen LogP contribution >= 0.6 is 27.3 Å². The van der Waals surface area contributed by atoms with E-state index >= 15 is 0 Å². The first kappa shape index (κ1) is 18.6. The van der Waals surface area contributed by atoms with Crippen LogP contribution in [0.1, 0.15) is 44.0 Å². The van der Waals surface area contributed by atoms with Gasteiger partial charge in [-0.3, -0.25) is 9.59 Å². The maximum Gasteiger partial charge on any atom is 0.338 e. The number of aryl methyl sites for hydroxylation is 1. The van der Waals surface area contributed by atoms with E-state index in [9.17, 15) is 14.4 Å². The van der Waals surface area contributed by atoms with Crippen LogP contribution in [0.2, 0.25) is 0 Å². The zero-order valence-corrected chi connectivity index (χ0v) is 16.2. The monoisotopic (exact) mass is 436 g/mol. The lowest BCUT2D eigenvalue weighted by Gasteiger charge is -2.11. The molecule has 0 saturated carbocycles. The fraction of sp³-hybridized carbons (Fsp3) is 0.278. The number of carbonyl (C=O) groups excluding carboxylic acids is 3. The number of anilines is 1. The summed E-state index contributed by atoms with van der Waals surface area (Å²) >= 11 is 4.66. The molecule has 2 aromatic rings. The Bertz CT molecular complexity index is 861. The van der Waals surface area contributed by atoms with Crippen molar-refractivity contribution in [2.75, 3.05) is 11.9 Å². The van der Waals surface area contributed by atoms with Gasteiger partial charge in [0.1, 0.15) is 5.00 Å². The van der Waals surface area contributed by atoms with Gasteiger partial charge in [-0.25, -0.2) is 4.79 Å². The average Bonchev–Trinajstić information content (AvgIpc) is 2.98. The van der Waals surface area contributed by atoms with E-state index in [1.165, 1.54) is 11.3 Å². The highest BCUT2D eigenvalue weighted by Crippen LogP contribution is 2.37. The molecule has 0 radical (unpaired) electrons. The van der Waals surface area contributed by atoms with Crippen LogP contribution in [0.25, 0.3) is 0 Å². The van der Waals surface area contributed by atoms with Gasteiger partial charge in [-0.1, -0.05) is 15.9 Å². The summed E-state index contributed by atoms with van der Waals surface area (Å²) in [4.78, 5) is 37.0. The second-order valence-corrected chi connectivity index (χ2v) is 7.93. The van der Waals surface area contributed by atoms with Gasteiger partial charge < -0.3 is 15.8 Å². The fourth-order valence-corrected chi connectivity index (χ4v) is 4.45. The van der Waals surface area contributed by atoms with Crippen LogP contribution in [0.4, 0.5) is 5.00 Å². The van der Waals surface area contributed by atoms with E-state index in [1.54, 1.807) is 24.3 Å². The molecular weight excluding hydrogens is 420 g/mol. The first-order chi connectivity index (χ1) is 12.5. The predicted octanol–water partition coefficient (Wildman–Crippen LogP) is 3.28. The van der Waals surface area contributed by atoms with Gasteiger partial charge in [0.2, 0.25) is 0 Å². The highest BCUT2D eigenvalue weighted by molar-refractivity contribution is 9.10. The molecule has 3 rings (SSSR count).